The van der Waals surface area contributed by atoms with Crippen LogP contribution in [0.15, 0.2) is 24.3 Å². The lowest BCUT2D eigenvalue weighted by Gasteiger charge is -2.19. The molecule has 1 aromatic carbocycles. The molecular formula is C15H21NO2. The number of methoxy groups -OCH3 is 1. The summed E-state index contributed by atoms with van der Waals surface area (Å²) in [6.07, 6.45) is 3.78. The first-order valence-electron chi connectivity index (χ1n) is 6.65. The molecule has 3 nitrogen and oxygen atoms in total. The molecule has 0 saturated carbocycles. The van der Waals surface area contributed by atoms with Crippen molar-refractivity contribution >= 4 is 5.97 Å². The molecule has 98 valence electrons. The number of benzene rings is 1. The van der Waals surface area contributed by atoms with Crippen molar-refractivity contribution in [2.24, 2.45) is 0 Å². The van der Waals surface area contributed by atoms with E-state index in [1.54, 1.807) is 0 Å². The summed E-state index contributed by atoms with van der Waals surface area (Å²) in [4.78, 5) is 13.5. The smallest absolute Gasteiger partial charge is 0.305 e. The van der Waals surface area contributed by atoms with Crippen LogP contribution in [0.4, 0.5) is 0 Å². The molecule has 0 radical (unpaired) electrons. The fourth-order valence-electron chi connectivity index (χ4n) is 2.51. The average Bonchev–Trinajstić information content (AvgIpc) is 2.60. The first-order valence-corrected chi connectivity index (χ1v) is 6.65. The highest BCUT2D eigenvalue weighted by molar-refractivity contribution is 5.69. The minimum atomic E-state index is -0.106. The van der Waals surface area contributed by atoms with Gasteiger partial charge in [-0.15, -0.1) is 0 Å². The second-order valence-corrected chi connectivity index (χ2v) is 4.83. The molecule has 1 aliphatic heterocycles. The quantitative estimate of drug-likeness (QED) is 0.765. The third-order valence-corrected chi connectivity index (χ3v) is 3.52. The number of fused-ring (bicyclic) bond motifs is 1. The van der Waals surface area contributed by atoms with Crippen molar-refractivity contribution < 1.29 is 9.53 Å². The number of carbonyl (C=O) groups excluding carboxylic acids is 1. The Balaban J connectivity index is 1.86. The zero-order chi connectivity index (χ0) is 12.8. The largest absolute Gasteiger partial charge is 0.469 e. The average molecular weight is 247 g/mol. The van der Waals surface area contributed by atoms with Crippen LogP contribution in [0.3, 0.4) is 0 Å². The van der Waals surface area contributed by atoms with Crippen molar-refractivity contribution in [2.45, 2.75) is 32.2 Å². The van der Waals surface area contributed by atoms with E-state index in [1.807, 2.05) is 0 Å². The van der Waals surface area contributed by atoms with Crippen molar-refractivity contribution in [1.29, 1.82) is 0 Å². The Kier molecular flexibility index (Phi) is 4.76. The fraction of sp³-hybridized carbons (Fsp3) is 0.533. The maximum absolute atomic E-state index is 11.1. The maximum atomic E-state index is 11.1. The Labute approximate surface area is 109 Å². The summed E-state index contributed by atoms with van der Waals surface area (Å²) in [5.41, 5.74) is 2.92. The summed E-state index contributed by atoms with van der Waals surface area (Å²) in [6, 6.07) is 8.67. The highest BCUT2D eigenvalue weighted by Gasteiger charge is 2.13. The molecule has 0 aliphatic carbocycles. The molecule has 0 saturated heterocycles. The molecular weight excluding hydrogens is 226 g/mol. The van der Waals surface area contributed by atoms with Crippen LogP contribution < -0.4 is 0 Å². The predicted octanol–water partition coefficient (Wildman–Crippen LogP) is 2.39. The van der Waals surface area contributed by atoms with E-state index >= 15 is 0 Å². The summed E-state index contributed by atoms with van der Waals surface area (Å²) in [6.45, 7) is 3.11. The minimum absolute atomic E-state index is 0.106. The molecule has 0 atom stereocenters. The molecule has 0 bridgehead atoms. The van der Waals surface area contributed by atoms with Gasteiger partial charge in [0, 0.05) is 13.0 Å². The second kappa shape index (κ2) is 6.55. The lowest BCUT2D eigenvalue weighted by atomic mass is 10.0. The first-order chi connectivity index (χ1) is 8.79. The molecule has 0 spiro atoms. The van der Waals surface area contributed by atoms with Crippen LogP contribution in [-0.4, -0.2) is 31.1 Å². The van der Waals surface area contributed by atoms with E-state index in [4.69, 9.17) is 0 Å². The Morgan fingerprint density at radius 1 is 1.33 bits per heavy atom. The molecule has 1 aliphatic rings. The van der Waals surface area contributed by atoms with Gasteiger partial charge in [-0.2, -0.15) is 0 Å². The maximum Gasteiger partial charge on any atom is 0.305 e. The van der Waals surface area contributed by atoms with Crippen LogP contribution in [0.1, 0.15) is 30.4 Å². The topological polar surface area (TPSA) is 29.5 Å². The third-order valence-electron chi connectivity index (χ3n) is 3.52. The molecule has 0 amide bonds. The van der Waals surface area contributed by atoms with Gasteiger partial charge in [0.05, 0.1) is 7.11 Å². The Hall–Kier alpha value is -1.35. The number of rotatable bonds is 4. The van der Waals surface area contributed by atoms with E-state index in [9.17, 15) is 4.79 Å². The third kappa shape index (κ3) is 3.57. The Morgan fingerprint density at radius 2 is 2.11 bits per heavy atom. The zero-order valence-corrected chi connectivity index (χ0v) is 11.0. The molecule has 0 unspecified atom stereocenters. The summed E-state index contributed by atoms with van der Waals surface area (Å²) in [7, 11) is 1.45. The standard InChI is InChI=1S/C15H21NO2/c1-18-15(17)9-5-11-16-10-4-8-13-6-2-3-7-14(13)12-16/h2-3,6-7H,4-5,8-12H2,1H3. The van der Waals surface area contributed by atoms with E-state index in [1.165, 1.54) is 31.1 Å². The minimum Gasteiger partial charge on any atom is -0.469 e. The SMILES string of the molecule is COC(=O)CCCN1CCCc2ccccc2C1. The van der Waals surface area contributed by atoms with Crippen molar-refractivity contribution in [3.63, 3.8) is 0 Å². The molecule has 0 N–H and O–H groups in total. The fourth-order valence-corrected chi connectivity index (χ4v) is 2.51. The molecule has 0 fully saturated rings. The van der Waals surface area contributed by atoms with E-state index < -0.39 is 0 Å². The molecule has 18 heavy (non-hydrogen) atoms. The van der Waals surface area contributed by atoms with Gasteiger partial charge in [-0.3, -0.25) is 9.69 Å². The predicted molar refractivity (Wildman–Crippen MR) is 71.3 cm³/mol. The van der Waals surface area contributed by atoms with Gasteiger partial charge in [-0.25, -0.2) is 0 Å². The second-order valence-electron chi connectivity index (χ2n) is 4.83. The van der Waals surface area contributed by atoms with Crippen LogP contribution in [0, 0.1) is 0 Å². The summed E-state index contributed by atoms with van der Waals surface area (Å²) in [5, 5.41) is 0. The Morgan fingerprint density at radius 3 is 2.89 bits per heavy atom. The van der Waals surface area contributed by atoms with Crippen LogP contribution in [-0.2, 0) is 22.5 Å². The van der Waals surface area contributed by atoms with Crippen LogP contribution in [0.2, 0.25) is 0 Å². The number of ether oxygens (including phenoxy) is 1. The monoisotopic (exact) mass is 247 g/mol. The van der Waals surface area contributed by atoms with Crippen LogP contribution in [0.5, 0.6) is 0 Å². The zero-order valence-electron chi connectivity index (χ0n) is 11.0. The van der Waals surface area contributed by atoms with Crippen LogP contribution in [0.25, 0.3) is 0 Å². The number of hydrogen-bond donors (Lipinski definition) is 0. The van der Waals surface area contributed by atoms with Gasteiger partial charge in [-0.1, -0.05) is 24.3 Å². The number of carbonyl (C=O) groups is 1. The van der Waals surface area contributed by atoms with Gasteiger partial charge in [0.25, 0.3) is 0 Å². The first kappa shape index (κ1) is 13.1. The summed E-state index contributed by atoms with van der Waals surface area (Å²) < 4.78 is 4.66. The summed E-state index contributed by atoms with van der Waals surface area (Å²) in [5.74, 6) is -0.106. The summed E-state index contributed by atoms with van der Waals surface area (Å²) >= 11 is 0. The van der Waals surface area contributed by atoms with E-state index in [0.29, 0.717) is 6.42 Å². The lowest BCUT2D eigenvalue weighted by molar-refractivity contribution is -0.140. The van der Waals surface area contributed by atoms with Crippen LogP contribution >= 0.6 is 0 Å². The molecule has 1 heterocycles. The highest BCUT2D eigenvalue weighted by atomic mass is 16.5. The van der Waals surface area contributed by atoms with E-state index in [-0.39, 0.29) is 5.97 Å². The van der Waals surface area contributed by atoms with Gasteiger partial charge < -0.3 is 4.74 Å². The van der Waals surface area contributed by atoms with Gasteiger partial charge in [0.2, 0.25) is 0 Å². The molecule has 0 aromatic heterocycles. The molecule has 2 rings (SSSR count). The van der Waals surface area contributed by atoms with Gasteiger partial charge in [0.1, 0.15) is 0 Å². The van der Waals surface area contributed by atoms with E-state index in [0.717, 1.165) is 26.1 Å². The molecule has 1 aromatic rings. The van der Waals surface area contributed by atoms with E-state index in [2.05, 4.69) is 33.9 Å². The number of aryl methyl sites for hydroxylation is 1. The Bertz CT molecular complexity index is 403. The van der Waals surface area contributed by atoms with Crippen molar-refractivity contribution in [3.8, 4) is 0 Å². The number of esters is 1. The molecule has 3 heteroatoms. The number of nitrogens with zero attached hydrogens (tertiary/aromatic N) is 1. The van der Waals surface area contributed by atoms with Gasteiger partial charge in [0.15, 0.2) is 0 Å². The van der Waals surface area contributed by atoms with Crippen molar-refractivity contribution in [2.75, 3.05) is 20.2 Å². The van der Waals surface area contributed by atoms with Gasteiger partial charge in [-0.05, 0) is 43.5 Å². The van der Waals surface area contributed by atoms with Crippen molar-refractivity contribution in [1.82, 2.24) is 4.90 Å². The normalized spacial score (nSPS) is 15.8. The number of hydrogen-bond acceptors (Lipinski definition) is 3. The van der Waals surface area contributed by atoms with Crippen molar-refractivity contribution in [3.05, 3.63) is 35.4 Å². The highest BCUT2D eigenvalue weighted by Crippen LogP contribution is 2.18. The lowest BCUT2D eigenvalue weighted by Crippen LogP contribution is -2.25. The van der Waals surface area contributed by atoms with Gasteiger partial charge >= 0.3 is 5.97 Å².